The smallest absolute Gasteiger partial charge is 0.115 e. The first kappa shape index (κ1) is 28.7. The van der Waals surface area contributed by atoms with Gasteiger partial charge in [-0.25, -0.2) is 0 Å². The summed E-state index contributed by atoms with van der Waals surface area (Å²) in [6, 6.07) is 47.8. The summed E-state index contributed by atoms with van der Waals surface area (Å²) in [5.74, 6) is 0.242. The quantitative estimate of drug-likeness (QED) is 0.149. The molecule has 5 heteroatoms. The predicted molar refractivity (Wildman–Crippen MR) is 197 cm³/mol. The van der Waals surface area contributed by atoms with Crippen LogP contribution in [0.5, 0.6) is 5.75 Å². The first-order valence-corrected chi connectivity index (χ1v) is 16.7. The van der Waals surface area contributed by atoms with E-state index in [9.17, 15) is 5.11 Å². The van der Waals surface area contributed by atoms with Gasteiger partial charge in [-0.2, -0.15) is 0 Å². The van der Waals surface area contributed by atoms with Gasteiger partial charge in [0.25, 0.3) is 0 Å². The number of phenolic OH excluding ortho intramolecular Hbond substituents is 1. The van der Waals surface area contributed by atoms with E-state index >= 15 is 0 Å². The van der Waals surface area contributed by atoms with Gasteiger partial charge >= 0.3 is 0 Å². The van der Waals surface area contributed by atoms with Crippen molar-refractivity contribution in [3.8, 4) is 5.75 Å². The zero-order chi connectivity index (χ0) is 32.7. The number of aromatic hydroxyl groups is 1. The van der Waals surface area contributed by atoms with Gasteiger partial charge in [-0.3, -0.25) is 0 Å². The van der Waals surface area contributed by atoms with Crippen LogP contribution in [0.15, 0.2) is 175 Å². The molecule has 5 heterocycles. The molecular formula is C44H34N4O. The largest absolute Gasteiger partial charge is 0.508 e. The first-order valence-electron chi connectivity index (χ1n) is 16.7. The average Bonchev–Trinajstić information content (AvgIpc) is 3.98. The molecule has 0 amide bonds. The normalized spacial score (nSPS) is 23.3. The first-order chi connectivity index (χ1) is 24.2. The summed E-state index contributed by atoms with van der Waals surface area (Å²) in [5, 5.41) is 20.0. The molecule has 5 nitrogen and oxygen atoms in total. The highest BCUT2D eigenvalue weighted by Gasteiger charge is 2.27. The Morgan fingerprint density at radius 1 is 0.408 bits per heavy atom. The van der Waals surface area contributed by atoms with Crippen molar-refractivity contribution in [3.05, 3.63) is 220 Å². The molecule has 9 rings (SSSR count). The van der Waals surface area contributed by atoms with Crippen LogP contribution in [0.4, 0.5) is 0 Å². The van der Waals surface area contributed by atoms with Crippen LogP contribution in [0.1, 0.15) is 33.6 Å². The van der Waals surface area contributed by atoms with Crippen molar-refractivity contribution >= 4 is 22.3 Å². The van der Waals surface area contributed by atoms with Gasteiger partial charge in [0.1, 0.15) is 5.75 Å². The van der Waals surface area contributed by atoms with E-state index in [0.717, 1.165) is 78.0 Å². The van der Waals surface area contributed by atoms with Crippen LogP contribution in [0.2, 0.25) is 0 Å². The van der Waals surface area contributed by atoms with E-state index in [1.165, 1.54) is 0 Å². The molecule has 0 saturated carbocycles. The maximum Gasteiger partial charge on any atom is 0.115 e. The van der Waals surface area contributed by atoms with Gasteiger partial charge in [0.2, 0.25) is 0 Å². The van der Waals surface area contributed by atoms with Crippen LogP contribution in [0.3, 0.4) is 0 Å². The molecule has 2 atom stereocenters. The second kappa shape index (κ2) is 12.0. The van der Waals surface area contributed by atoms with Gasteiger partial charge in [-0.15, -0.1) is 0 Å². The van der Waals surface area contributed by atoms with E-state index in [4.69, 9.17) is 0 Å². The second-order valence-corrected chi connectivity index (χ2v) is 12.6. The van der Waals surface area contributed by atoms with Crippen molar-refractivity contribution < 1.29 is 5.11 Å². The fraction of sp³-hybridized carbons (Fsp3) is 0.0455. The number of hydrogen-bond donors (Lipinski definition) is 5. The third-order valence-electron chi connectivity index (χ3n) is 9.57. The van der Waals surface area contributed by atoms with Crippen molar-refractivity contribution in [1.29, 1.82) is 0 Å². The van der Waals surface area contributed by atoms with Crippen molar-refractivity contribution in [2.24, 2.45) is 0 Å². The van der Waals surface area contributed by atoms with Gasteiger partial charge in [0, 0.05) is 55.8 Å². The number of benzene rings is 4. The van der Waals surface area contributed by atoms with Crippen molar-refractivity contribution in [1.82, 2.24) is 20.6 Å². The highest BCUT2D eigenvalue weighted by Crippen LogP contribution is 2.35. The number of nitrogens with one attached hydrogen (secondary N) is 4. The fourth-order valence-corrected chi connectivity index (χ4v) is 7.34. The maximum absolute atomic E-state index is 10.2. The fourth-order valence-electron chi connectivity index (χ4n) is 7.34. The Balaban J connectivity index is 1.35. The highest BCUT2D eigenvalue weighted by atomic mass is 16.3. The number of aromatic amines is 2. The van der Waals surface area contributed by atoms with Crippen LogP contribution in [0.25, 0.3) is 22.3 Å². The Morgan fingerprint density at radius 3 is 1.31 bits per heavy atom. The van der Waals surface area contributed by atoms with E-state index < -0.39 is 0 Å². The van der Waals surface area contributed by atoms with Crippen LogP contribution in [-0.4, -0.2) is 27.2 Å². The third kappa shape index (κ3) is 5.22. The van der Waals surface area contributed by atoms with Gasteiger partial charge in [0.05, 0.1) is 12.1 Å². The number of hydrogen-bond acceptors (Lipinski definition) is 3. The van der Waals surface area contributed by atoms with E-state index in [2.05, 4.69) is 160 Å². The lowest BCUT2D eigenvalue weighted by Gasteiger charge is -2.20. The van der Waals surface area contributed by atoms with Crippen molar-refractivity contribution in [2.75, 3.05) is 0 Å². The van der Waals surface area contributed by atoms with E-state index in [-0.39, 0.29) is 17.8 Å². The second-order valence-electron chi connectivity index (χ2n) is 12.6. The van der Waals surface area contributed by atoms with Gasteiger partial charge in [0.15, 0.2) is 0 Å². The summed E-state index contributed by atoms with van der Waals surface area (Å²) in [6.07, 6.45) is 8.90. The topological polar surface area (TPSA) is 75.9 Å². The third-order valence-corrected chi connectivity index (χ3v) is 9.57. The number of fused-ring (bicyclic) bond motifs is 8. The summed E-state index contributed by atoms with van der Waals surface area (Å²) in [6.45, 7) is 0. The molecule has 2 unspecified atom stereocenters. The Morgan fingerprint density at radius 2 is 0.837 bits per heavy atom. The Bertz CT molecular complexity index is 2430. The van der Waals surface area contributed by atoms with Crippen LogP contribution in [-0.2, 0) is 0 Å². The monoisotopic (exact) mass is 634 g/mol. The minimum Gasteiger partial charge on any atom is -0.508 e. The van der Waals surface area contributed by atoms with Crippen molar-refractivity contribution in [2.45, 2.75) is 12.1 Å². The van der Waals surface area contributed by atoms with E-state index in [1.54, 1.807) is 12.1 Å². The summed E-state index contributed by atoms with van der Waals surface area (Å²) in [7, 11) is 0. The van der Waals surface area contributed by atoms with Crippen molar-refractivity contribution in [3.63, 3.8) is 0 Å². The molecule has 6 aromatic rings. The molecule has 49 heavy (non-hydrogen) atoms. The molecule has 0 saturated heterocycles. The summed E-state index contributed by atoms with van der Waals surface area (Å²) in [4.78, 5) is 7.68. The molecule has 0 spiro atoms. The number of phenols is 1. The molecule has 4 aromatic carbocycles. The number of aromatic nitrogens is 2. The SMILES string of the molecule is Oc1ccc(/C2=c3\cc/c([nH]3)=C(\c3ccccc3)C3C=C/C(=C(\c4ccccc4)c4ccc([nH]4)/C(c4ccccc4)=C4/C=CC2N4)N3)cc1. The molecule has 3 aliphatic heterocycles. The lowest BCUT2D eigenvalue weighted by molar-refractivity contribution is 0.475. The van der Waals surface area contributed by atoms with Crippen LogP contribution < -0.4 is 21.3 Å². The molecule has 5 N–H and O–H groups in total. The van der Waals surface area contributed by atoms with Gasteiger partial charge < -0.3 is 25.7 Å². The highest BCUT2D eigenvalue weighted by molar-refractivity contribution is 5.88. The molecule has 0 aliphatic carbocycles. The standard InChI is InChI=1S/C44H34N4O/c49-32-18-16-31(17-19-32)44-39-26-24-37(47-39)42(29-12-6-2-7-13-29)35-22-20-33(45-35)41(28-10-4-1-5-11-28)34-21-23-36(46-34)43(30-14-8-3-9-15-30)38-25-27-40(44)48-38/h1-27,35,40,45-49H/b41-33-,42-37-,43-38-,44-39-. The molecular weight excluding hydrogens is 601 g/mol. The van der Waals surface area contributed by atoms with E-state index in [1.807, 2.05) is 12.1 Å². The maximum atomic E-state index is 10.2. The lowest BCUT2D eigenvalue weighted by atomic mass is 9.98. The summed E-state index contributed by atoms with van der Waals surface area (Å²) >= 11 is 0. The Labute approximate surface area is 284 Å². The van der Waals surface area contributed by atoms with Gasteiger partial charge in [-0.1, -0.05) is 115 Å². The Hall–Kier alpha value is -6.46. The molecule has 2 aromatic heterocycles. The summed E-state index contributed by atoms with van der Waals surface area (Å²) < 4.78 is 0. The van der Waals surface area contributed by atoms with E-state index in [0.29, 0.717) is 0 Å². The molecule has 0 radical (unpaired) electrons. The number of allylic oxidation sites excluding steroid dienone is 2. The molecule has 236 valence electrons. The lowest BCUT2D eigenvalue weighted by Crippen LogP contribution is -2.31. The number of H-pyrrole nitrogens is 2. The van der Waals surface area contributed by atoms with Crippen LogP contribution >= 0.6 is 0 Å². The zero-order valence-electron chi connectivity index (χ0n) is 26.7. The van der Waals surface area contributed by atoms with Gasteiger partial charge in [-0.05, 0) is 70.8 Å². The van der Waals surface area contributed by atoms with Crippen LogP contribution in [0, 0.1) is 0 Å². The molecule has 0 fully saturated rings. The zero-order valence-corrected chi connectivity index (χ0v) is 26.7. The number of rotatable bonds is 4. The molecule has 8 bridgehead atoms. The average molecular weight is 635 g/mol. The minimum atomic E-state index is -0.122. The summed E-state index contributed by atoms with van der Waals surface area (Å²) in [5.41, 5.74) is 13.0. The molecule has 3 aliphatic rings. The Kier molecular flexibility index (Phi) is 7.02. The minimum absolute atomic E-state index is 0.0713. The predicted octanol–water partition coefficient (Wildman–Crippen LogP) is 6.74.